The molecule has 1 heterocycles. The Morgan fingerprint density at radius 3 is 2.62 bits per heavy atom. The summed E-state index contributed by atoms with van der Waals surface area (Å²) in [6.07, 6.45) is -1.85. The molecular formula is C17H17ClO6. The summed E-state index contributed by atoms with van der Waals surface area (Å²) >= 11 is 5.79. The molecule has 2 aliphatic rings. The van der Waals surface area contributed by atoms with Gasteiger partial charge in [0.2, 0.25) is 5.78 Å². The molecule has 1 saturated heterocycles. The number of carbonyl (C=O) groups is 2. The number of aliphatic hydroxyl groups excluding tert-OH is 2. The monoisotopic (exact) mass is 352 g/mol. The second kappa shape index (κ2) is 6.29. The minimum atomic E-state index is -0.977. The molecule has 0 bridgehead atoms. The van der Waals surface area contributed by atoms with Crippen molar-refractivity contribution in [1.82, 2.24) is 0 Å². The summed E-state index contributed by atoms with van der Waals surface area (Å²) in [5, 5.41) is 19.7. The number of Topliss-reactive ketones (excluding diaryl/α,β-unsaturated/α-hetero) is 1. The van der Waals surface area contributed by atoms with Crippen LogP contribution in [-0.2, 0) is 4.74 Å². The lowest BCUT2D eigenvalue weighted by atomic mass is 9.87. The van der Waals surface area contributed by atoms with Gasteiger partial charge in [0.1, 0.15) is 11.9 Å². The topological polar surface area (TPSA) is 93.1 Å². The number of carbonyl (C=O) groups excluding carboxylic acids is 2. The second-order valence-electron chi connectivity index (χ2n) is 5.92. The molecule has 1 aromatic rings. The van der Waals surface area contributed by atoms with Crippen molar-refractivity contribution >= 4 is 23.2 Å². The lowest BCUT2D eigenvalue weighted by molar-refractivity contribution is -0.163. The van der Waals surface area contributed by atoms with Gasteiger partial charge in [0.15, 0.2) is 5.78 Å². The average Bonchev–Trinajstić information content (AvgIpc) is 2.55. The van der Waals surface area contributed by atoms with Gasteiger partial charge in [0.25, 0.3) is 0 Å². The number of ether oxygens (including phenoxy) is 2. The highest BCUT2D eigenvalue weighted by Gasteiger charge is 2.38. The highest BCUT2D eigenvalue weighted by molar-refractivity contribution is 6.49. The number of halogens is 1. The Bertz CT molecular complexity index is 729. The van der Waals surface area contributed by atoms with Crippen LogP contribution in [0.15, 0.2) is 23.2 Å². The summed E-state index contributed by atoms with van der Waals surface area (Å²) in [5.41, 5.74) is 0.862. The molecule has 1 aliphatic heterocycles. The number of hydrogen-bond acceptors (Lipinski definition) is 6. The number of aliphatic hydroxyl groups is 2. The number of fused-ring (bicyclic) bond motifs is 1. The van der Waals surface area contributed by atoms with Crippen molar-refractivity contribution in [3.8, 4) is 5.75 Å². The van der Waals surface area contributed by atoms with Gasteiger partial charge in [0.05, 0.1) is 36.0 Å². The Morgan fingerprint density at radius 2 is 2.00 bits per heavy atom. The van der Waals surface area contributed by atoms with Gasteiger partial charge >= 0.3 is 0 Å². The maximum Gasteiger partial charge on any atom is 0.205 e. The highest BCUT2D eigenvalue weighted by Crippen LogP contribution is 2.41. The predicted octanol–water partition coefficient (Wildman–Crippen LogP) is 1.77. The fourth-order valence-corrected chi connectivity index (χ4v) is 3.36. The maximum absolute atomic E-state index is 12.3. The van der Waals surface area contributed by atoms with Crippen molar-refractivity contribution in [3.05, 3.63) is 39.9 Å². The molecule has 24 heavy (non-hydrogen) atoms. The smallest absolute Gasteiger partial charge is 0.205 e. The molecular weight excluding hydrogens is 336 g/mol. The first-order valence-electron chi connectivity index (χ1n) is 7.53. The van der Waals surface area contributed by atoms with Gasteiger partial charge in [-0.05, 0) is 13.0 Å². The molecule has 1 fully saturated rings. The fraction of sp³-hybridized carbons (Fsp3) is 0.412. The Kier molecular flexibility index (Phi) is 4.48. The molecule has 1 aliphatic carbocycles. The van der Waals surface area contributed by atoms with Crippen LogP contribution in [0.5, 0.6) is 5.75 Å². The quantitative estimate of drug-likeness (QED) is 0.842. The molecule has 0 unspecified atom stereocenters. The van der Waals surface area contributed by atoms with E-state index in [-0.39, 0.29) is 28.3 Å². The van der Waals surface area contributed by atoms with E-state index in [0.717, 1.165) is 6.08 Å². The first kappa shape index (κ1) is 17.1. The standard InChI is InChI=1S/C17H17ClO6/c1-7-15(21)12(20)6-13(24-7)8-3-4-9-14(17(8)23-2)11(19)5-10(18)16(9)22/h3-5,7,12-13,15,20-21H,6H2,1-2H3/t7-,12-,13-,15-/m0/s1. The van der Waals surface area contributed by atoms with Gasteiger partial charge in [-0.2, -0.15) is 0 Å². The molecule has 1 aromatic carbocycles. The van der Waals surface area contributed by atoms with E-state index in [4.69, 9.17) is 21.1 Å². The summed E-state index contributed by atoms with van der Waals surface area (Å²) in [7, 11) is 1.40. The number of rotatable bonds is 2. The fourth-order valence-electron chi connectivity index (χ4n) is 3.15. The first-order valence-corrected chi connectivity index (χ1v) is 7.91. The molecule has 0 aromatic heterocycles. The summed E-state index contributed by atoms with van der Waals surface area (Å²) in [6, 6.07) is 3.13. The highest BCUT2D eigenvalue weighted by atomic mass is 35.5. The third kappa shape index (κ3) is 2.65. The number of hydrogen-bond donors (Lipinski definition) is 2. The molecule has 0 spiro atoms. The van der Waals surface area contributed by atoms with Gasteiger partial charge in [-0.25, -0.2) is 0 Å². The molecule has 4 atom stereocenters. The van der Waals surface area contributed by atoms with Gasteiger partial charge < -0.3 is 19.7 Å². The van der Waals surface area contributed by atoms with Gasteiger partial charge in [-0.3, -0.25) is 9.59 Å². The Labute approximate surface area is 143 Å². The van der Waals surface area contributed by atoms with Crippen LogP contribution in [0.25, 0.3) is 0 Å². The normalized spacial score (nSPS) is 30.0. The molecule has 0 radical (unpaired) electrons. The van der Waals surface area contributed by atoms with Crippen molar-refractivity contribution in [2.45, 2.75) is 37.8 Å². The largest absolute Gasteiger partial charge is 0.496 e. The lowest BCUT2D eigenvalue weighted by Crippen LogP contribution is -2.44. The number of methoxy groups -OCH3 is 1. The predicted molar refractivity (Wildman–Crippen MR) is 85.5 cm³/mol. The Hall–Kier alpha value is -1.73. The van der Waals surface area contributed by atoms with E-state index in [1.807, 2.05) is 0 Å². The van der Waals surface area contributed by atoms with E-state index >= 15 is 0 Å². The molecule has 3 rings (SSSR count). The minimum absolute atomic E-state index is 0.136. The van der Waals surface area contributed by atoms with Crippen LogP contribution in [-0.4, -0.2) is 47.2 Å². The van der Waals surface area contributed by atoms with Gasteiger partial charge in [-0.1, -0.05) is 17.7 Å². The Balaban J connectivity index is 2.08. The van der Waals surface area contributed by atoms with Crippen molar-refractivity contribution < 1.29 is 29.3 Å². The average molecular weight is 353 g/mol. The van der Waals surface area contributed by atoms with Crippen molar-refractivity contribution in [2.24, 2.45) is 0 Å². The van der Waals surface area contributed by atoms with Crippen LogP contribution in [0.2, 0.25) is 0 Å². The summed E-state index contributed by atoms with van der Waals surface area (Å²) in [5.74, 6) is -0.630. The lowest BCUT2D eigenvalue weighted by Gasteiger charge is -2.36. The van der Waals surface area contributed by atoms with Crippen molar-refractivity contribution in [3.63, 3.8) is 0 Å². The van der Waals surface area contributed by atoms with Crippen LogP contribution in [0.1, 0.15) is 45.7 Å². The Morgan fingerprint density at radius 1 is 1.29 bits per heavy atom. The second-order valence-corrected chi connectivity index (χ2v) is 6.33. The minimum Gasteiger partial charge on any atom is -0.496 e. The third-order valence-electron chi connectivity index (χ3n) is 4.41. The van der Waals surface area contributed by atoms with Crippen molar-refractivity contribution in [1.29, 1.82) is 0 Å². The van der Waals surface area contributed by atoms with E-state index < -0.39 is 36.0 Å². The number of benzene rings is 1. The summed E-state index contributed by atoms with van der Waals surface area (Å²) in [6.45, 7) is 1.65. The van der Waals surface area contributed by atoms with Crippen LogP contribution >= 0.6 is 11.6 Å². The molecule has 128 valence electrons. The van der Waals surface area contributed by atoms with E-state index in [1.165, 1.54) is 13.2 Å². The van der Waals surface area contributed by atoms with E-state index in [0.29, 0.717) is 5.56 Å². The molecule has 0 amide bonds. The molecule has 2 N–H and O–H groups in total. The van der Waals surface area contributed by atoms with E-state index in [9.17, 15) is 19.8 Å². The van der Waals surface area contributed by atoms with E-state index in [2.05, 4.69) is 0 Å². The number of ketones is 2. The third-order valence-corrected chi connectivity index (χ3v) is 4.70. The van der Waals surface area contributed by atoms with Crippen LogP contribution in [0, 0.1) is 0 Å². The number of allylic oxidation sites excluding steroid dienone is 2. The van der Waals surface area contributed by atoms with Crippen LogP contribution in [0.4, 0.5) is 0 Å². The zero-order valence-electron chi connectivity index (χ0n) is 13.2. The molecule has 7 heteroatoms. The van der Waals surface area contributed by atoms with Crippen LogP contribution < -0.4 is 4.74 Å². The zero-order chi connectivity index (χ0) is 17.6. The summed E-state index contributed by atoms with van der Waals surface area (Å²) in [4.78, 5) is 24.5. The zero-order valence-corrected chi connectivity index (χ0v) is 13.9. The maximum atomic E-state index is 12.3. The molecule has 0 saturated carbocycles. The van der Waals surface area contributed by atoms with Gasteiger partial charge in [-0.15, -0.1) is 0 Å². The SMILES string of the molecule is COc1c([C@@H]2C[C@H](O)[C@@H](O)[C@H](C)O2)ccc2c1C(=O)C=C(Cl)C2=O. The summed E-state index contributed by atoms with van der Waals surface area (Å²) < 4.78 is 11.1. The van der Waals surface area contributed by atoms with Crippen molar-refractivity contribution in [2.75, 3.05) is 7.11 Å². The van der Waals surface area contributed by atoms with E-state index in [1.54, 1.807) is 13.0 Å². The first-order chi connectivity index (χ1) is 11.3. The van der Waals surface area contributed by atoms with Gasteiger partial charge in [0, 0.05) is 23.6 Å². The van der Waals surface area contributed by atoms with Crippen LogP contribution in [0.3, 0.4) is 0 Å². The molecule has 6 nitrogen and oxygen atoms in total.